The van der Waals surface area contributed by atoms with Gasteiger partial charge in [-0.05, 0) is 63.1 Å². The maximum atomic E-state index is 13.3. The molecule has 1 aliphatic carbocycles. The zero-order valence-electron chi connectivity index (χ0n) is 14.7. The number of nitrogens with one attached hydrogen (secondary N) is 1. The Bertz CT molecular complexity index is 553. The summed E-state index contributed by atoms with van der Waals surface area (Å²) in [5.74, 6) is -0.00858. The normalized spacial score (nSPS) is 22.9. The highest BCUT2D eigenvalue weighted by atomic mass is 19.1. The Morgan fingerprint density at radius 3 is 2.62 bits per heavy atom. The monoisotopic (exact) mass is 337 g/mol. The van der Waals surface area contributed by atoms with Gasteiger partial charge in [-0.3, -0.25) is 4.79 Å². The summed E-state index contributed by atoms with van der Waals surface area (Å²) in [6, 6.07) is 6.06. The molecule has 0 heterocycles. The number of aliphatic hydroxyl groups is 1. The van der Waals surface area contributed by atoms with Crippen LogP contribution in [-0.4, -0.2) is 30.3 Å². The summed E-state index contributed by atoms with van der Waals surface area (Å²) >= 11 is 0. The van der Waals surface area contributed by atoms with Crippen molar-refractivity contribution in [1.82, 2.24) is 5.32 Å². The number of methoxy groups -OCH3 is 1. The summed E-state index contributed by atoms with van der Waals surface area (Å²) in [6.07, 6.45) is 2.85. The number of hydrogen-bond acceptors (Lipinski definition) is 4. The van der Waals surface area contributed by atoms with Gasteiger partial charge in [0.15, 0.2) is 0 Å². The van der Waals surface area contributed by atoms with Gasteiger partial charge < -0.3 is 15.2 Å². The average molecular weight is 337 g/mol. The van der Waals surface area contributed by atoms with Crippen LogP contribution in [0.15, 0.2) is 24.3 Å². The van der Waals surface area contributed by atoms with Gasteiger partial charge in [0.2, 0.25) is 0 Å². The van der Waals surface area contributed by atoms with Gasteiger partial charge in [0.05, 0.1) is 19.1 Å². The first kappa shape index (κ1) is 18.9. The number of hydrogen-bond donors (Lipinski definition) is 2. The molecule has 0 unspecified atom stereocenters. The molecule has 4 nitrogen and oxygen atoms in total. The molecule has 2 rings (SSSR count). The molecule has 2 N–H and O–H groups in total. The van der Waals surface area contributed by atoms with E-state index in [-0.39, 0.29) is 23.2 Å². The highest BCUT2D eigenvalue weighted by Gasteiger charge is 2.35. The topological polar surface area (TPSA) is 58.6 Å². The molecule has 0 aliphatic heterocycles. The standard InChI is InChI=1S/C19H28FNO3/c1-19(2,15-9-7-13(8-10-15)18(23)24-3)21-12-17(22)14-5-4-6-16(20)11-14/h4-6,11,13,15,17,21-22H,7-10,12H2,1-3H3/t13?,15?,17-/m0/s1. The van der Waals surface area contributed by atoms with E-state index in [0.29, 0.717) is 18.0 Å². The molecule has 0 aromatic heterocycles. The Kier molecular flexibility index (Phi) is 6.35. The fraction of sp³-hybridized carbons (Fsp3) is 0.632. The molecule has 0 spiro atoms. The fourth-order valence-corrected chi connectivity index (χ4v) is 3.55. The Morgan fingerprint density at radius 2 is 2.04 bits per heavy atom. The summed E-state index contributed by atoms with van der Waals surface area (Å²) in [5, 5.41) is 13.7. The fourth-order valence-electron chi connectivity index (χ4n) is 3.55. The van der Waals surface area contributed by atoms with Crippen molar-refractivity contribution < 1.29 is 19.0 Å². The first-order valence-electron chi connectivity index (χ1n) is 8.60. The lowest BCUT2D eigenvalue weighted by Gasteiger charge is -2.40. The minimum absolute atomic E-state index is 0.0138. The molecule has 1 aliphatic rings. The van der Waals surface area contributed by atoms with Crippen LogP contribution in [-0.2, 0) is 9.53 Å². The van der Waals surface area contributed by atoms with E-state index in [1.54, 1.807) is 12.1 Å². The van der Waals surface area contributed by atoms with Gasteiger partial charge in [0.25, 0.3) is 0 Å². The highest BCUT2D eigenvalue weighted by Crippen LogP contribution is 2.36. The Balaban J connectivity index is 1.86. The van der Waals surface area contributed by atoms with Crippen LogP contribution < -0.4 is 5.32 Å². The van der Waals surface area contributed by atoms with Gasteiger partial charge in [-0.1, -0.05) is 12.1 Å². The molecule has 0 radical (unpaired) electrons. The molecule has 5 heteroatoms. The molecule has 1 atom stereocenters. The molecule has 0 saturated heterocycles. The van der Waals surface area contributed by atoms with Gasteiger partial charge >= 0.3 is 5.97 Å². The van der Waals surface area contributed by atoms with E-state index >= 15 is 0 Å². The van der Waals surface area contributed by atoms with Crippen LogP contribution >= 0.6 is 0 Å². The second kappa shape index (κ2) is 8.08. The molecule has 24 heavy (non-hydrogen) atoms. The van der Waals surface area contributed by atoms with E-state index in [2.05, 4.69) is 19.2 Å². The van der Waals surface area contributed by atoms with Crippen molar-refractivity contribution in [2.45, 2.75) is 51.2 Å². The zero-order chi connectivity index (χ0) is 17.7. The average Bonchev–Trinajstić information content (AvgIpc) is 2.59. The third-order valence-corrected chi connectivity index (χ3v) is 5.27. The number of carbonyl (C=O) groups excluding carboxylic acids is 1. The predicted octanol–water partition coefficient (Wildman–Crippen LogP) is 3.21. The van der Waals surface area contributed by atoms with E-state index < -0.39 is 6.10 Å². The maximum absolute atomic E-state index is 13.3. The third-order valence-electron chi connectivity index (χ3n) is 5.27. The SMILES string of the molecule is COC(=O)C1CCC(C(C)(C)NC[C@H](O)c2cccc(F)c2)CC1. The highest BCUT2D eigenvalue weighted by molar-refractivity contribution is 5.72. The van der Waals surface area contributed by atoms with Gasteiger partial charge in [0.1, 0.15) is 5.82 Å². The number of esters is 1. The van der Waals surface area contributed by atoms with Crippen LogP contribution in [0.1, 0.15) is 51.2 Å². The second-order valence-corrected chi connectivity index (χ2v) is 7.25. The molecule has 1 saturated carbocycles. The largest absolute Gasteiger partial charge is 0.469 e. The van der Waals surface area contributed by atoms with Crippen molar-refractivity contribution in [2.24, 2.45) is 11.8 Å². The lowest BCUT2D eigenvalue weighted by Crippen LogP contribution is -2.49. The van der Waals surface area contributed by atoms with Gasteiger partial charge in [0, 0.05) is 12.1 Å². The molecule has 1 fully saturated rings. The summed E-state index contributed by atoms with van der Waals surface area (Å²) in [5.41, 5.74) is 0.419. The van der Waals surface area contributed by atoms with Gasteiger partial charge in [-0.25, -0.2) is 4.39 Å². The van der Waals surface area contributed by atoms with Crippen molar-refractivity contribution >= 4 is 5.97 Å². The molecule has 0 amide bonds. The molecule has 0 bridgehead atoms. The molecular weight excluding hydrogens is 309 g/mol. The van der Waals surface area contributed by atoms with Crippen LogP contribution in [0.4, 0.5) is 4.39 Å². The summed E-state index contributed by atoms with van der Waals surface area (Å²) in [7, 11) is 1.44. The third kappa shape index (κ3) is 4.77. The number of rotatable bonds is 6. The van der Waals surface area contributed by atoms with Gasteiger partial charge in [-0.15, -0.1) is 0 Å². The van der Waals surface area contributed by atoms with Crippen molar-refractivity contribution in [2.75, 3.05) is 13.7 Å². The molecule has 1 aromatic carbocycles. The number of halogens is 1. The quantitative estimate of drug-likeness (QED) is 0.783. The number of ether oxygens (including phenoxy) is 1. The Labute approximate surface area is 143 Å². The van der Waals surface area contributed by atoms with E-state index in [9.17, 15) is 14.3 Å². The number of benzene rings is 1. The summed E-state index contributed by atoms with van der Waals surface area (Å²) in [6.45, 7) is 4.61. The maximum Gasteiger partial charge on any atom is 0.308 e. The smallest absolute Gasteiger partial charge is 0.308 e. The van der Waals surface area contributed by atoms with Crippen molar-refractivity contribution in [3.63, 3.8) is 0 Å². The molecule has 1 aromatic rings. The minimum Gasteiger partial charge on any atom is -0.469 e. The minimum atomic E-state index is -0.744. The van der Waals surface area contributed by atoms with Crippen molar-refractivity contribution in [3.8, 4) is 0 Å². The molecule has 134 valence electrons. The lowest BCUT2D eigenvalue weighted by molar-refractivity contribution is -0.147. The van der Waals surface area contributed by atoms with Crippen LogP contribution in [0.2, 0.25) is 0 Å². The van der Waals surface area contributed by atoms with Crippen LogP contribution in [0.25, 0.3) is 0 Å². The number of carbonyl (C=O) groups is 1. The summed E-state index contributed by atoms with van der Waals surface area (Å²) < 4.78 is 18.1. The van der Waals surface area contributed by atoms with Crippen LogP contribution in [0.5, 0.6) is 0 Å². The lowest BCUT2D eigenvalue weighted by atomic mass is 9.73. The Morgan fingerprint density at radius 1 is 1.38 bits per heavy atom. The second-order valence-electron chi connectivity index (χ2n) is 7.25. The van der Waals surface area contributed by atoms with Crippen LogP contribution in [0, 0.1) is 17.7 Å². The first-order chi connectivity index (χ1) is 11.3. The number of aliphatic hydroxyl groups excluding tert-OH is 1. The van der Waals surface area contributed by atoms with Gasteiger partial charge in [-0.2, -0.15) is 0 Å². The predicted molar refractivity (Wildman–Crippen MR) is 90.9 cm³/mol. The zero-order valence-corrected chi connectivity index (χ0v) is 14.7. The van der Waals surface area contributed by atoms with Crippen LogP contribution in [0.3, 0.4) is 0 Å². The first-order valence-corrected chi connectivity index (χ1v) is 8.60. The Hall–Kier alpha value is -1.46. The molecular formula is C19H28FNO3. The van der Waals surface area contributed by atoms with Crippen molar-refractivity contribution in [1.29, 1.82) is 0 Å². The van der Waals surface area contributed by atoms with E-state index in [4.69, 9.17) is 4.74 Å². The van der Waals surface area contributed by atoms with Crippen molar-refractivity contribution in [3.05, 3.63) is 35.6 Å². The number of β-amino-alcohol motifs (C(OH)–C–C–N with tert-alkyl or cyclic N) is 1. The van der Waals surface area contributed by atoms with E-state index in [0.717, 1.165) is 25.7 Å². The summed E-state index contributed by atoms with van der Waals surface area (Å²) in [4.78, 5) is 11.6. The van der Waals surface area contributed by atoms with E-state index in [1.807, 2.05) is 0 Å². The van der Waals surface area contributed by atoms with E-state index in [1.165, 1.54) is 19.2 Å².